The lowest BCUT2D eigenvalue weighted by Crippen LogP contribution is -2.16. The minimum Gasteiger partial charge on any atom is -0.475 e. The Hall–Kier alpha value is -1.59. The van der Waals surface area contributed by atoms with Gasteiger partial charge in [-0.3, -0.25) is 4.90 Å². The van der Waals surface area contributed by atoms with Crippen molar-refractivity contribution in [3.8, 4) is 0 Å². The van der Waals surface area contributed by atoms with E-state index in [0.29, 0.717) is 17.9 Å². The molecule has 0 aliphatic rings. The van der Waals surface area contributed by atoms with Crippen LogP contribution in [0.2, 0.25) is 0 Å². The molecule has 0 aliphatic carbocycles. The second kappa shape index (κ2) is 6.24. The normalized spacial score (nSPS) is 11.0. The number of halogens is 1. The molecule has 0 saturated carbocycles. The molecule has 106 valence electrons. The molecule has 0 atom stereocenters. The van der Waals surface area contributed by atoms with E-state index in [2.05, 4.69) is 33.0 Å². The van der Waals surface area contributed by atoms with E-state index in [0.717, 1.165) is 11.0 Å². The van der Waals surface area contributed by atoms with Gasteiger partial charge in [-0.2, -0.15) is 0 Å². The third-order valence-electron chi connectivity index (χ3n) is 2.93. The van der Waals surface area contributed by atoms with Crippen LogP contribution in [0, 0.1) is 6.92 Å². The molecule has 0 fully saturated rings. The molecule has 0 spiro atoms. The van der Waals surface area contributed by atoms with Crippen LogP contribution in [0.4, 0.5) is 0 Å². The molecule has 0 radical (unpaired) electrons. The number of nitrogens with zero attached hydrogens (tertiary/aromatic N) is 1. The maximum absolute atomic E-state index is 10.9. The molecular formula is C15H16BrNO3. The zero-order valence-corrected chi connectivity index (χ0v) is 13.0. The molecule has 1 heterocycles. The number of furan rings is 1. The van der Waals surface area contributed by atoms with Gasteiger partial charge in [-0.25, -0.2) is 4.79 Å². The van der Waals surface area contributed by atoms with E-state index in [1.165, 1.54) is 5.56 Å². The predicted molar refractivity (Wildman–Crippen MR) is 79.7 cm³/mol. The number of benzene rings is 1. The second-order valence-corrected chi connectivity index (χ2v) is 5.75. The summed E-state index contributed by atoms with van der Waals surface area (Å²) in [5.74, 6) is -0.336. The summed E-state index contributed by atoms with van der Waals surface area (Å²) >= 11 is 3.45. The average molecular weight is 338 g/mol. The van der Waals surface area contributed by atoms with Gasteiger partial charge in [0.15, 0.2) is 0 Å². The molecule has 0 aliphatic heterocycles. The van der Waals surface area contributed by atoms with Crippen molar-refractivity contribution in [2.75, 3.05) is 7.05 Å². The van der Waals surface area contributed by atoms with Gasteiger partial charge in [0.2, 0.25) is 5.76 Å². The van der Waals surface area contributed by atoms with Gasteiger partial charge in [0.05, 0.1) is 6.54 Å². The summed E-state index contributed by atoms with van der Waals surface area (Å²) in [6.45, 7) is 3.08. The number of aryl methyl sites for hydroxylation is 1. The second-order valence-electron chi connectivity index (χ2n) is 4.83. The monoisotopic (exact) mass is 337 g/mol. The third kappa shape index (κ3) is 3.71. The highest BCUT2D eigenvalue weighted by molar-refractivity contribution is 9.10. The summed E-state index contributed by atoms with van der Waals surface area (Å²) in [6.07, 6.45) is 0. The number of carbonyl (C=O) groups is 1. The molecule has 1 N–H and O–H groups in total. The van der Waals surface area contributed by atoms with Crippen LogP contribution in [0.25, 0.3) is 0 Å². The van der Waals surface area contributed by atoms with Gasteiger partial charge in [-0.15, -0.1) is 0 Å². The van der Waals surface area contributed by atoms with Crippen molar-refractivity contribution in [3.05, 3.63) is 57.5 Å². The summed E-state index contributed by atoms with van der Waals surface area (Å²) in [6, 6.07) is 9.87. The van der Waals surface area contributed by atoms with Crippen LogP contribution >= 0.6 is 15.9 Å². The van der Waals surface area contributed by atoms with Crippen LogP contribution in [-0.2, 0) is 13.1 Å². The van der Waals surface area contributed by atoms with E-state index in [4.69, 9.17) is 9.52 Å². The van der Waals surface area contributed by atoms with Crippen molar-refractivity contribution in [1.29, 1.82) is 0 Å². The fraction of sp³-hybridized carbons (Fsp3) is 0.267. The largest absolute Gasteiger partial charge is 0.475 e. The van der Waals surface area contributed by atoms with Gasteiger partial charge < -0.3 is 9.52 Å². The molecule has 1 aromatic carbocycles. The van der Waals surface area contributed by atoms with Crippen molar-refractivity contribution < 1.29 is 14.3 Å². The molecule has 4 nitrogen and oxygen atoms in total. The van der Waals surface area contributed by atoms with Crippen LogP contribution in [0.3, 0.4) is 0 Å². The number of rotatable bonds is 5. The van der Waals surface area contributed by atoms with E-state index in [9.17, 15) is 4.79 Å². The van der Waals surface area contributed by atoms with Crippen LogP contribution < -0.4 is 0 Å². The minimum atomic E-state index is -1.02. The molecule has 0 bridgehead atoms. The summed E-state index contributed by atoms with van der Waals surface area (Å²) in [5.41, 5.74) is 1.84. The Kier molecular flexibility index (Phi) is 4.62. The number of carboxylic acid groups (broad SMARTS) is 1. The summed E-state index contributed by atoms with van der Waals surface area (Å²) in [4.78, 5) is 13.0. The van der Waals surface area contributed by atoms with E-state index >= 15 is 0 Å². The van der Waals surface area contributed by atoms with Crippen LogP contribution in [0.1, 0.15) is 27.4 Å². The average Bonchev–Trinajstić information content (AvgIpc) is 2.70. The van der Waals surface area contributed by atoms with Gasteiger partial charge >= 0.3 is 5.97 Å². The molecule has 2 aromatic rings. The van der Waals surface area contributed by atoms with Crippen LogP contribution in [0.5, 0.6) is 0 Å². The Morgan fingerprint density at radius 2 is 2.10 bits per heavy atom. The summed E-state index contributed by atoms with van der Waals surface area (Å²) < 4.78 is 6.40. The predicted octanol–water partition coefficient (Wildman–Crippen LogP) is 3.68. The molecule has 0 saturated heterocycles. The molecule has 1 aromatic heterocycles. The Morgan fingerprint density at radius 1 is 1.35 bits per heavy atom. The minimum absolute atomic E-state index is 0.0239. The summed E-state index contributed by atoms with van der Waals surface area (Å²) in [7, 11) is 1.97. The van der Waals surface area contributed by atoms with Gasteiger partial charge in [0.1, 0.15) is 5.76 Å². The summed E-state index contributed by atoms with van der Waals surface area (Å²) in [5, 5.41) is 8.97. The Labute approximate surface area is 126 Å². The van der Waals surface area contributed by atoms with E-state index in [1.54, 1.807) is 13.0 Å². The van der Waals surface area contributed by atoms with Gasteiger partial charge in [-0.1, -0.05) is 28.1 Å². The highest BCUT2D eigenvalue weighted by Crippen LogP contribution is 2.18. The molecule has 2 rings (SSSR count). The van der Waals surface area contributed by atoms with E-state index in [1.807, 2.05) is 19.2 Å². The SMILES string of the molecule is Cc1cc(CN(C)Cc2cccc(Br)c2)oc1C(=O)O. The van der Waals surface area contributed by atoms with Crippen molar-refractivity contribution in [2.24, 2.45) is 0 Å². The van der Waals surface area contributed by atoms with Crippen molar-refractivity contribution in [2.45, 2.75) is 20.0 Å². The topological polar surface area (TPSA) is 53.7 Å². The lowest BCUT2D eigenvalue weighted by Gasteiger charge is -2.15. The quantitative estimate of drug-likeness (QED) is 0.904. The first-order valence-corrected chi connectivity index (χ1v) is 7.00. The van der Waals surface area contributed by atoms with E-state index in [-0.39, 0.29) is 5.76 Å². The first-order chi connectivity index (χ1) is 9.45. The number of hydrogen-bond acceptors (Lipinski definition) is 3. The van der Waals surface area contributed by atoms with Gasteiger partial charge in [0.25, 0.3) is 0 Å². The van der Waals surface area contributed by atoms with Crippen molar-refractivity contribution in [3.63, 3.8) is 0 Å². The lowest BCUT2D eigenvalue weighted by molar-refractivity contribution is 0.0657. The van der Waals surface area contributed by atoms with Crippen molar-refractivity contribution in [1.82, 2.24) is 4.90 Å². The number of aromatic carboxylic acids is 1. The highest BCUT2D eigenvalue weighted by atomic mass is 79.9. The lowest BCUT2D eigenvalue weighted by atomic mass is 10.2. The van der Waals surface area contributed by atoms with Crippen molar-refractivity contribution >= 4 is 21.9 Å². The van der Waals surface area contributed by atoms with E-state index < -0.39 is 5.97 Å². The number of carboxylic acids is 1. The van der Waals surface area contributed by atoms with Gasteiger partial charge in [-0.05, 0) is 37.7 Å². The smallest absolute Gasteiger partial charge is 0.372 e. The standard InChI is InChI=1S/C15H16BrNO3/c1-10-6-13(20-14(10)15(18)19)9-17(2)8-11-4-3-5-12(16)7-11/h3-7H,8-9H2,1-2H3,(H,18,19). The Balaban J connectivity index is 2.03. The molecular weight excluding hydrogens is 322 g/mol. The van der Waals surface area contributed by atoms with Gasteiger partial charge in [0, 0.05) is 16.6 Å². The number of hydrogen-bond donors (Lipinski definition) is 1. The zero-order valence-electron chi connectivity index (χ0n) is 11.4. The highest BCUT2D eigenvalue weighted by Gasteiger charge is 2.15. The first kappa shape index (κ1) is 14.8. The maximum Gasteiger partial charge on any atom is 0.372 e. The third-order valence-corrected chi connectivity index (χ3v) is 3.42. The fourth-order valence-electron chi connectivity index (χ4n) is 2.11. The maximum atomic E-state index is 10.9. The molecule has 20 heavy (non-hydrogen) atoms. The fourth-order valence-corrected chi connectivity index (χ4v) is 2.55. The zero-order chi connectivity index (χ0) is 14.7. The van der Waals surface area contributed by atoms with Crippen LogP contribution in [-0.4, -0.2) is 23.0 Å². The Morgan fingerprint density at radius 3 is 2.70 bits per heavy atom. The molecule has 0 amide bonds. The Bertz CT molecular complexity index is 621. The first-order valence-electron chi connectivity index (χ1n) is 6.21. The molecule has 0 unspecified atom stereocenters. The molecule has 5 heteroatoms. The van der Waals surface area contributed by atoms with Crippen LogP contribution in [0.15, 0.2) is 39.2 Å².